The lowest BCUT2D eigenvalue weighted by atomic mass is 9.90. The molecule has 1 aromatic rings. The molecule has 0 atom stereocenters. The molecular weight excluding hydrogens is 373 g/mol. The lowest BCUT2D eigenvalue weighted by Crippen LogP contribution is -2.54. The maximum Gasteiger partial charge on any atom is 0.254 e. The standard InChI is InChI=1S/C19H29N3O2.2ClH/c1-21(18(23)19(24-2)9-11-20-12-10-19)15-16-7-3-4-8-17(16)22-13-5-6-14-22;;/h3-4,7-8,20H,5-6,9-15H2,1-2H3;2*1H. The third-order valence-corrected chi connectivity index (χ3v) is 5.38. The van der Waals surface area contributed by atoms with Gasteiger partial charge < -0.3 is 19.9 Å². The lowest BCUT2D eigenvalue weighted by molar-refractivity contribution is -0.157. The Morgan fingerprint density at radius 3 is 2.42 bits per heavy atom. The molecule has 26 heavy (non-hydrogen) atoms. The fourth-order valence-corrected chi connectivity index (χ4v) is 3.92. The van der Waals surface area contributed by atoms with Gasteiger partial charge in [-0.1, -0.05) is 18.2 Å². The minimum atomic E-state index is -0.664. The van der Waals surface area contributed by atoms with Crippen molar-refractivity contribution in [1.82, 2.24) is 10.2 Å². The number of rotatable bonds is 5. The first kappa shape index (κ1) is 23.0. The number of carbonyl (C=O) groups is 1. The Balaban J connectivity index is 0.00000169. The molecule has 2 fully saturated rings. The van der Waals surface area contributed by atoms with Crippen molar-refractivity contribution in [1.29, 1.82) is 0 Å². The van der Waals surface area contributed by atoms with E-state index in [0.717, 1.165) is 39.0 Å². The molecule has 2 saturated heterocycles. The van der Waals surface area contributed by atoms with E-state index in [-0.39, 0.29) is 30.7 Å². The van der Waals surface area contributed by atoms with E-state index in [0.29, 0.717) is 6.54 Å². The van der Waals surface area contributed by atoms with Gasteiger partial charge in [-0.3, -0.25) is 4.79 Å². The summed E-state index contributed by atoms with van der Waals surface area (Å²) >= 11 is 0. The second kappa shape index (κ2) is 10.4. The Morgan fingerprint density at radius 2 is 1.81 bits per heavy atom. The van der Waals surface area contributed by atoms with Crippen LogP contribution in [-0.2, 0) is 16.1 Å². The first-order valence-corrected chi connectivity index (χ1v) is 9.00. The molecule has 0 spiro atoms. The van der Waals surface area contributed by atoms with Crippen LogP contribution in [0.2, 0.25) is 0 Å². The highest BCUT2D eigenvalue weighted by atomic mass is 35.5. The summed E-state index contributed by atoms with van der Waals surface area (Å²) in [6, 6.07) is 8.46. The average Bonchev–Trinajstić information content (AvgIpc) is 3.16. The molecule has 3 rings (SSSR count). The number of ether oxygens (including phenoxy) is 1. The van der Waals surface area contributed by atoms with E-state index in [2.05, 4.69) is 34.5 Å². The maximum absolute atomic E-state index is 13.0. The molecule has 7 heteroatoms. The van der Waals surface area contributed by atoms with E-state index in [1.54, 1.807) is 7.11 Å². The van der Waals surface area contributed by atoms with Gasteiger partial charge in [0.15, 0.2) is 0 Å². The van der Waals surface area contributed by atoms with Crippen molar-refractivity contribution in [2.75, 3.05) is 45.2 Å². The topological polar surface area (TPSA) is 44.8 Å². The number of methoxy groups -OCH3 is 1. The molecule has 2 aliphatic rings. The van der Waals surface area contributed by atoms with Gasteiger partial charge in [-0.25, -0.2) is 0 Å². The van der Waals surface area contributed by atoms with Gasteiger partial charge in [-0.2, -0.15) is 0 Å². The highest BCUT2D eigenvalue weighted by Crippen LogP contribution is 2.28. The molecule has 5 nitrogen and oxygen atoms in total. The van der Waals surface area contributed by atoms with Gasteiger partial charge >= 0.3 is 0 Å². The third kappa shape index (κ3) is 4.83. The summed E-state index contributed by atoms with van der Waals surface area (Å²) in [4.78, 5) is 17.3. The van der Waals surface area contributed by atoms with E-state index >= 15 is 0 Å². The minimum Gasteiger partial charge on any atom is -0.371 e. The molecule has 0 unspecified atom stereocenters. The summed E-state index contributed by atoms with van der Waals surface area (Å²) in [5.41, 5.74) is 1.82. The van der Waals surface area contributed by atoms with Crippen LogP contribution in [0, 0.1) is 0 Å². The van der Waals surface area contributed by atoms with Crippen molar-refractivity contribution >= 4 is 36.4 Å². The number of carbonyl (C=O) groups excluding carboxylic acids is 1. The number of nitrogens with one attached hydrogen (secondary N) is 1. The predicted molar refractivity (Wildman–Crippen MR) is 111 cm³/mol. The maximum atomic E-state index is 13.0. The Bertz CT molecular complexity index is 574. The molecular formula is C19H31Cl2N3O2. The van der Waals surface area contributed by atoms with Gasteiger partial charge in [-0.05, 0) is 50.4 Å². The van der Waals surface area contributed by atoms with Gasteiger partial charge in [0.1, 0.15) is 5.60 Å². The number of amides is 1. The van der Waals surface area contributed by atoms with E-state index in [9.17, 15) is 4.79 Å². The molecule has 148 valence electrons. The fourth-order valence-electron chi connectivity index (χ4n) is 3.92. The zero-order valence-electron chi connectivity index (χ0n) is 15.7. The van der Waals surface area contributed by atoms with Gasteiger partial charge in [0.25, 0.3) is 5.91 Å². The number of piperidine rings is 1. The van der Waals surface area contributed by atoms with Crippen molar-refractivity contribution in [3.05, 3.63) is 29.8 Å². The number of benzene rings is 1. The Hall–Kier alpha value is -1.01. The quantitative estimate of drug-likeness (QED) is 0.820. The van der Waals surface area contributed by atoms with Crippen molar-refractivity contribution in [2.24, 2.45) is 0 Å². The number of nitrogens with zero attached hydrogens (tertiary/aromatic N) is 2. The Kier molecular flexibility index (Phi) is 9.17. The van der Waals surface area contributed by atoms with Gasteiger partial charge in [-0.15, -0.1) is 24.8 Å². The van der Waals surface area contributed by atoms with E-state index in [4.69, 9.17) is 4.74 Å². The number of anilines is 1. The summed E-state index contributed by atoms with van der Waals surface area (Å²) in [6.07, 6.45) is 3.98. The Labute approximate surface area is 169 Å². The first-order valence-electron chi connectivity index (χ1n) is 9.00. The van der Waals surface area contributed by atoms with Crippen LogP contribution in [-0.4, -0.2) is 56.7 Å². The van der Waals surface area contributed by atoms with Crippen LogP contribution in [0.1, 0.15) is 31.2 Å². The van der Waals surface area contributed by atoms with Crippen molar-refractivity contribution in [2.45, 2.75) is 37.8 Å². The SMILES string of the molecule is COC1(C(=O)N(C)Cc2ccccc2N2CCCC2)CCNCC1.Cl.Cl. The summed E-state index contributed by atoms with van der Waals surface area (Å²) in [7, 11) is 3.56. The smallest absolute Gasteiger partial charge is 0.254 e. The summed E-state index contributed by atoms with van der Waals surface area (Å²) in [6.45, 7) is 4.52. The van der Waals surface area contributed by atoms with Crippen LogP contribution in [0.25, 0.3) is 0 Å². The van der Waals surface area contributed by atoms with Crippen LogP contribution in [0.15, 0.2) is 24.3 Å². The first-order chi connectivity index (χ1) is 11.7. The highest BCUT2D eigenvalue weighted by molar-refractivity contribution is 5.86. The zero-order chi connectivity index (χ0) is 17.0. The van der Waals surface area contributed by atoms with Crippen LogP contribution >= 0.6 is 24.8 Å². The predicted octanol–water partition coefficient (Wildman–Crippen LogP) is 2.86. The van der Waals surface area contributed by atoms with Crippen LogP contribution < -0.4 is 10.2 Å². The number of likely N-dealkylation sites (N-methyl/N-ethyl adjacent to an activating group) is 1. The van der Waals surface area contributed by atoms with Crippen LogP contribution in [0.4, 0.5) is 5.69 Å². The summed E-state index contributed by atoms with van der Waals surface area (Å²) in [5, 5.41) is 3.31. The monoisotopic (exact) mass is 403 g/mol. The molecule has 1 amide bonds. The van der Waals surface area contributed by atoms with Gasteiger partial charge in [0.05, 0.1) is 0 Å². The third-order valence-electron chi connectivity index (χ3n) is 5.38. The second-order valence-corrected chi connectivity index (χ2v) is 6.93. The van der Waals surface area contributed by atoms with E-state index in [1.165, 1.54) is 24.1 Å². The summed E-state index contributed by atoms with van der Waals surface area (Å²) in [5.74, 6) is 0.0997. The zero-order valence-corrected chi connectivity index (χ0v) is 17.3. The van der Waals surface area contributed by atoms with Gasteiger partial charge in [0, 0.05) is 39.5 Å². The average molecular weight is 404 g/mol. The van der Waals surface area contributed by atoms with Crippen molar-refractivity contribution < 1.29 is 9.53 Å². The number of hydrogen-bond acceptors (Lipinski definition) is 4. The van der Waals surface area contributed by atoms with Crippen LogP contribution in [0.3, 0.4) is 0 Å². The number of halogens is 2. The normalized spacial score (nSPS) is 18.6. The molecule has 1 aromatic carbocycles. The van der Waals surface area contributed by atoms with Crippen LogP contribution in [0.5, 0.6) is 0 Å². The van der Waals surface area contributed by atoms with Gasteiger partial charge in [0.2, 0.25) is 0 Å². The van der Waals surface area contributed by atoms with Crippen molar-refractivity contribution in [3.63, 3.8) is 0 Å². The largest absolute Gasteiger partial charge is 0.371 e. The van der Waals surface area contributed by atoms with Crippen molar-refractivity contribution in [3.8, 4) is 0 Å². The Morgan fingerprint density at radius 1 is 1.19 bits per heavy atom. The highest BCUT2D eigenvalue weighted by Gasteiger charge is 2.41. The molecule has 0 aliphatic carbocycles. The molecule has 2 aliphatic heterocycles. The second-order valence-electron chi connectivity index (χ2n) is 6.93. The minimum absolute atomic E-state index is 0. The molecule has 2 heterocycles. The molecule has 1 N–H and O–H groups in total. The number of hydrogen-bond donors (Lipinski definition) is 1. The fraction of sp³-hybridized carbons (Fsp3) is 0.632. The summed E-state index contributed by atoms with van der Waals surface area (Å²) < 4.78 is 5.69. The molecule has 0 saturated carbocycles. The van der Waals surface area contributed by atoms with E-state index in [1.807, 2.05) is 11.9 Å². The number of para-hydroxylation sites is 1. The molecule has 0 aromatic heterocycles. The molecule has 0 radical (unpaired) electrons. The van der Waals surface area contributed by atoms with E-state index < -0.39 is 5.60 Å². The lowest BCUT2D eigenvalue weighted by Gasteiger charge is -2.38. The molecule has 0 bridgehead atoms.